The molecular weight excluding hydrogens is 218 g/mol. The smallest absolute Gasteiger partial charge is 0.240 e. The van der Waals surface area contributed by atoms with Gasteiger partial charge in [-0.15, -0.1) is 0 Å². The van der Waals surface area contributed by atoms with Crippen molar-refractivity contribution in [3.05, 3.63) is 29.8 Å². The standard InChI is InChI=1S/C12H17N3O2/c1-17-14-8-10-3-2-4-11(7-10)15-6-5-13-9-12(15)16/h2-4,7,13-14H,5-6,8-9H2,1H3. The zero-order chi connectivity index (χ0) is 12.1. The topological polar surface area (TPSA) is 53.6 Å². The molecule has 0 unspecified atom stereocenters. The van der Waals surface area contributed by atoms with E-state index in [1.807, 2.05) is 29.2 Å². The van der Waals surface area contributed by atoms with Gasteiger partial charge in [-0.2, -0.15) is 5.48 Å². The number of carbonyl (C=O) groups excluding carboxylic acids is 1. The van der Waals surface area contributed by atoms with Gasteiger partial charge in [-0.25, -0.2) is 0 Å². The van der Waals surface area contributed by atoms with Crippen LogP contribution in [0.2, 0.25) is 0 Å². The highest BCUT2D eigenvalue weighted by atomic mass is 16.6. The van der Waals surface area contributed by atoms with Gasteiger partial charge in [0.15, 0.2) is 0 Å². The van der Waals surface area contributed by atoms with Crippen LogP contribution in [0.15, 0.2) is 24.3 Å². The molecule has 1 fully saturated rings. The van der Waals surface area contributed by atoms with Gasteiger partial charge in [0, 0.05) is 25.3 Å². The third kappa shape index (κ3) is 3.03. The van der Waals surface area contributed by atoms with Crippen molar-refractivity contribution in [3.8, 4) is 0 Å². The fourth-order valence-corrected chi connectivity index (χ4v) is 1.87. The lowest BCUT2D eigenvalue weighted by molar-refractivity contribution is -0.118. The lowest BCUT2D eigenvalue weighted by Gasteiger charge is -2.27. The normalized spacial score (nSPS) is 16.3. The molecule has 5 heteroatoms. The average Bonchev–Trinajstić information content (AvgIpc) is 2.37. The first kappa shape index (κ1) is 12.0. The summed E-state index contributed by atoms with van der Waals surface area (Å²) in [4.78, 5) is 18.4. The maximum Gasteiger partial charge on any atom is 0.240 e. The third-order valence-corrected chi connectivity index (χ3v) is 2.73. The number of nitrogens with zero attached hydrogens (tertiary/aromatic N) is 1. The van der Waals surface area contributed by atoms with Crippen LogP contribution in [0.4, 0.5) is 5.69 Å². The van der Waals surface area contributed by atoms with Crippen molar-refractivity contribution in [2.45, 2.75) is 6.54 Å². The first-order valence-electron chi connectivity index (χ1n) is 5.67. The minimum Gasteiger partial charge on any atom is -0.310 e. The van der Waals surface area contributed by atoms with E-state index >= 15 is 0 Å². The summed E-state index contributed by atoms with van der Waals surface area (Å²) in [6, 6.07) is 7.92. The third-order valence-electron chi connectivity index (χ3n) is 2.73. The molecule has 1 aromatic rings. The molecule has 0 saturated carbocycles. The lowest BCUT2D eigenvalue weighted by Crippen LogP contribution is -2.48. The zero-order valence-corrected chi connectivity index (χ0v) is 9.90. The number of rotatable bonds is 4. The van der Waals surface area contributed by atoms with E-state index < -0.39 is 0 Å². The molecule has 0 radical (unpaired) electrons. The van der Waals surface area contributed by atoms with Crippen molar-refractivity contribution in [1.29, 1.82) is 0 Å². The highest BCUT2D eigenvalue weighted by molar-refractivity contribution is 5.95. The molecule has 17 heavy (non-hydrogen) atoms. The van der Waals surface area contributed by atoms with E-state index in [2.05, 4.69) is 10.8 Å². The fourth-order valence-electron chi connectivity index (χ4n) is 1.87. The highest BCUT2D eigenvalue weighted by Crippen LogP contribution is 2.17. The summed E-state index contributed by atoms with van der Waals surface area (Å²) in [5.74, 6) is 0.119. The van der Waals surface area contributed by atoms with Crippen LogP contribution in [0.5, 0.6) is 0 Å². The molecule has 0 aliphatic carbocycles. The number of hydroxylamine groups is 1. The molecule has 92 valence electrons. The lowest BCUT2D eigenvalue weighted by atomic mass is 10.1. The molecule has 0 atom stereocenters. The number of piperazine rings is 1. The van der Waals surface area contributed by atoms with Crippen LogP contribution >= 0.6 is 0 Å². The monoisotopic (exact) mass is 235 g/mol. The van der Waals surface area contributed by atoms with Gasteiger partial charge in [-0.05, 0) is 17.7 Å². The van der Waals surface area contributed by atoms with Crippen LogP contribution in [-0.2, 0) is 16.2 Å². The number of anilines is 1. The quantitative estimate of drug-likeness (QED) is 0.736. The average molecular weight is 235 g/mol. The Morgan fingerprint density at radius 2 is 2.41 bits per heavy atom. The summed E-state index contributed by atoms with van der Waals surface area (Å²) >= 11 is 0. The van der Waals surface area contributed by atoms with Gasteiger partial charge >= 0.3 is 0 Å². The maximum atomic E-state index is 11.7. The van der Waals surface area contributed by atoms with Crippen LogP contribution in [0.1, 0.15) is 5.56 Å². The Labute approximate surface area is 101 Å². The molecule has 2 N–H and O–H groups in total. The van der Waals surface area contributed by atoms with Crippen LogP contribution in [-0.4, -0.2) is 32.7 Å². The summed E-state index contributed by atoms with van der Waals surface area (Å²) in [6.07, 6.45) is 0. The summed E-state index contributed by atoms with van der Waals surface area (Å²) < 4.78 is 0. The molecule has 1 aliphatic heterocycles. The zero-order valence-electron chi connectivity index (χ0n) is 9.90. The Morgan fingerprint density at radius 1 is 1.53 bits per heavy atom. The summed E-state index contributed by atoms with van der Waals surface area (Å²) in [5, 5.41) is 3.06. The van der Waals surface area contributed by atoms with Gasteiger partial charge in [0.2, 0.25) is 5.91 Å². The van der Waals surface area contributed by atoms with Crippen LogP contribution < -0.4 is 15.7 Å². The second kappa shape index (κ2) is 5.77. The second-order valence-corrected chi connectivity index (χ2v) is 3.92. The Bertz CT molecular complexity index is 395. The SMILES string of the molecule is CONCc1cccc(N2CCNCC2=O)c1. The van der Waals surface area contributed by atoms with E-state index in [4.69, 9.17) is 4.84 Å². The highest BCUT2D eigenvalue weighted by Gasteiger charge is 2.18. The predicted octanol–water partition coefficient (Wildman–Crippen LogP) is 0.274. The second-order valence-electron chi connectivity index (χ2n) is 3.92. The van der Waals surface area contributed by atoms with Gasteiger partial charge in [0.1, 0.15) is 0 Å². The number of benzene rings is 1. The van der Waals surface area contributed by atoms with Crippen molar-refractivity contribution in [3.63, 3.8) is 0 Å². The van der Waals surface area contributed by atoms with Crippen molar-refractivity contribution in [2.75, 3.05) is 31.6 Å². The molecule has 1 saturated heterocycles. The van der Waals surface area contributed by atoms with E-state index in [1.54, 1.807) is 7.11 Å². The molecule has 2 rings (SSSR count). The largest absolute Gasteiger partial charge is 0.310 e. The van der Waals surface area contributed by atoms with Crippen LogP contribution in [0, 0.1) is 0 Å². The molecule has 1 heterocycles. The van der Waals surface area contributed by atoms with Gasteiger partial charge in [-0.3, -0.25) is 4.79 Å². The number of carbonyl (C=O) groups is 1. The van der Waals surface area contributed by atoms with E-state index in [0.717, 1.165) is 24.3 Å². The van der Waals surface area contributed by atoms with Crippen molar-refractivity contribution >= 4 is 11.6 Å². The molecule has 1 aromatic carbocycles. The summed E-state index contributed by atoms with van der Waals surface area (Å²) in [7, 11) is 1.59. The van der Waals surface area contributed by atoms with Crippen molar-refractivity contribution in [2.24, 2.45) is 0 Å². The van der Waals surface area contributed by atoms with E-state index in [-0.39, 0.29) is 5.91 Å². The van der Waals surface area contributed by atoms with Gasteiger partial charge < -0.3 is 15.1 Å². The molecular formula is C12H17N3O2. The molecule has 1 aliphatic rings. The summed E-state index contributed by atoms with van der Waals surface area (Å²) in [6.45, 7) is 2.61. The summed E-state index contributed by atoms with van der Waals surface area (Å²) in [5.41, 5.74) is 4.83. The van der Waals surface area contributed by atoms with Crippen molar-refractivity contribution in [1.82, 2.24) is 10.8 Å². The minimum absolute atomic E-state index is 0.119. The van der Waals surface area contributed by atoms with Gasteiger partial charge in [0.05, 0.1) is 13.7 Å². The Balaban J connectivity index is 2.11. The molecule has 0 aromatic heterocycles. The van der Waals surface area contributed by atoms with E-state index in [9.17, 15) is 4.79 Å². The Morgan fingerprint density at radius 3 is 3.18 bits per heavy atom. The Hall–Kier alpha value is -1.43. The van der Waals surface area contributed by atoms with Crippen molar-refractivity contribution < 1.29 is 9.63 Å². The molecule has 1 amide bonds. The predicted molar refractivity (Wildman–Crippen MR) is 65.5 cm³/mol. The van der Waals surface area contributed by atoms with Gasteiger partial charge in [-0.1, -0.05) is 12.1 Å². The number of nitrogens with one attached hydrogen (secondary N) is 2. The van der Waals surface area contributed by atoms with Gasteiger partial charge in [0.25, 0.3) is 0 Å². The minimum atomic E-state index is 0.119. The molecule has 5 nitrogen and oxygen atoms in total. The van der Waals surface area contributed by atoms with E-state index in [1.165, 1.54) is 0 Å². The maximum absolute atomic E-state index is 11.7. The fraction of sp³-hybridized carbons (Fsp3) is 0.417. The molecule has 0 bridgehead atoms. The number of amides is 1. The van der Waals surface area contributed by atoms with Crippen LogP contribution in [0.3, 0.4) is 0 Å². The number of hydrogen-bond acceptors (Lipinski definition) is 4. The van der Waals surface area contributed by atoms with E-state index in [0.29, 0.717) is 13.1 Å². The first-order valence-corrected chi connectivity index (χ1v) is 5.67. The first-order chi connectivity index (χ1) is 8.31. The molecule has 0 spiro atoms. The van der Waals surface area contributed by atoms with Crippen LogP contribution in [0.25, 0.3) is 0 Å². The Kier molecular flexibility index (Phi) is 4.08. The number of hydrogen-bond donors (Lipinski definition) is 2.